The predicted molar refractivity (Wildman–Crippen MR) is 271 cm³/mol. The molecule has 0 aromatic heterocycles. The molecule has 0 aromatic rings. The standard InChI is InChI=1S/C22H42NO2.C12H24N2O2P.2C5H10.2C2H6.4CH3.2Fe.W/c1-2-23(15-19-24-17-7-13-21-9-3-4-10-21)16-20-25-18-8-14-22-11-5-6-12-22;1-6-9-15-17(16-10-7-8-13)14(11(2)3)12(4)5;2*1-2-4-5-3-1;2*1-2;;;;;;;/h21-22H,1-20H2;11-12H,1,6-7,9-10H2,2-5H3;2*1-5H2;2*1-2H3;4*1H3;;;/q2*-1;;;;;4*-1;3*+2. The van der Waals surface area contributed by atoms with Gasteiger partial charge in [0.1, 0.15) is 0 Å². The van der Waals surface area contributed by atoms with E-state index in [0.29, 0.717) is 31.7 Å². The van der Waals surface area contributed by atoms with Crippen LogP contribution in [-0.2, 0) is 73.7 Å². The quantitative estimate of drug-likeness (QED) is 0.0413. The maximum Gasteiger partial charge on any atom is 2.00 e. The molecular weight excluding hydrogens is 1060 g/mol. The van der Waals surface area contributed by atoms with Crippen LogP contribution < -0.4 is 0 Å². The summed E-state index contributed by atoms with van der Waals surface area (Å²) in [6.45, 7) is 31.6. The Morgan fingerprint density at radius 3 is 1.17 bits per heavy atom. The fourth-order valence-electron chi connectivity index (χ4n) is 7.70. The van der Waals surface area contributed by atoms with E-state index in [9.17, 15) is 0 Å². The minimum Gasteiger partial charge on any atom is -0.380 e. The fraction of sp³-hybridized carbons (Fsp3) is 0.865. The van der Waals surface area contributed by atoms with Crippen molar-refractivity contribution in [3.05, 3.63) is 43.6 Å². The molecule has 11 heteroatoms. The van der Waals surface area contributed by atoms with Crippen molar-refractivity contribution >= 4 is 8.53 Å². The molecule has 0 radical (unpaired) electrons. The molecule has 0 spiro atoms. The predicted octanol–water partition coefficient (Wildman–Crippen LogP) is 16.3. The van der Waals surface area contributed by atoms with Gasteiger partial charge < -0.3 is 67.0 Å². The molecule has 0 amide bonds. The van der Waals surface area contributed by atoms with Crippen LogP contribution in [-0.4, -0.2) is 80.9 Å². The molecule has 384 valence electrons. The van der Waals surface area contributed by atoms with Crippen LogP contribution in [0.25, 0.3) is 0 Å². The summed E-state index contributed by atoms with van der Waals surface area (Å²) in [4.78, 5) is 2.34. The number of rotatable bonds is 24. The molecule has 4 aliphatic rings. The fourth-order valence-corrected chi connectivity index (χ4v) is 9.33. The van der Waals surface area contributed by atoms with Crippen LogP contribution in [0, 0.1) is 66.7 Å². The molecule has 1 unspecified atom stereocenters. The Labute approximate surface area is 436 Å². The first kappa shape index (κ1) is 84.3. The number of ether oxygens (including phenoxy) is 2. The van der Waals surface area contributed by atoms with Crippen LogP contribution in [0.5, 0.6) is 0 Å². The molecule has 0 heterocycles. The second kappa shape index (κ2) is 67.7. The van der Waals surface area contributed by atoms with Crippen LogP contribution >= 0.6 is 8.53 Å². The van der Waals surface area contributed by atoms with Crippen molar-refractivity contribution in [2.75, 3.05) is 59.3 Å². The Hall–Kier alpha value is 1.41. The van der Waals surface area contributed by atoms with Gasteiger partial charge in [0.05, 0.1) is 32.3 Å². The van der Waals surface area contributed by atoms with Crippen molar-refractivity contribution in [3.63, 3.8) is 0 Å². The van der Waals surface area contributed by atoms with Gasteiger partial charge in [-0.2, -0.15) is 11.7 Å². The maximum atomic E-state index is 8.52. The summed E-state index contributed by atoms with van der Waals surface area (Å²) in [6, 6.07) is 2.78. The maximum absolute atomic E-state index is 8.52. The van der Waals surface area contributed by atoms with Crippen LogP contribution in [0.2, 0.25) is 0 Å². The summed E-state index contributed by atoms with van der Waals surface area (Å²) in [5.74, 6) is 1.98. The van der Waals surface area contributed by atoms with Crippen molar-refractivity contribution in [2.45, 2.75) is 222 Å². The summed E-state index contributed by atoms with van der Waals surface area (Å²) in [6.07, 6.45) is 33.0. The molecule has 4 rings (SSSR count). The van der Waals surface area contributed by atoms with Gasteiger partial charge in [0.15, 0.2) is 0 Å². The molecule has 4 fully saturated rings. The third-order valence-electron chi connectivity index (χ3n) is 10.7. The van der Waals surface area contributed by atoms with E-state index >= 15 is 0 Å². The van der Waals surface area contributed by atoms with Crippen LogP contribution in [0.4, 0.5) is 0 Å². The first-order chi connectivity index (χ1) is 27.4. The van der Waals surface area contributed by atoms with E-state index in [-0.39, 0.29) is 84.9 Å². The first-order valence-electron chi connectivity index (χ1n) is 24.1. The Bertz CT molecular complexity index is 739. The SMILES string of the molecule is C1CCCC1.C1CCCC1.CC.CC.[CH2-]CCOP(OCCC#N)N(C(C)C)C(C)C.[CH2-]CN(CCOCCCC1CCCC1)CCOCCCC1CCCC1.[CH3-].[CH3-].[CH3-].[CH3-].[Fe+2].[Fe+2].[W+2]. The zero-order valence-corrected chi connectivity index (χ0v) is 50.1. The van der Waals surface area contributed by atoms with Gasteiger partial charge >= 0.3 is 55.2 Å². The largest absolute Gasteiger partial charge is 2.00 e. The average Bonchev–Trinajstić information content (AvgIpc) is 4.07. The second-order valence-electron chi connectivity index (χ2n) is 15.9. The molecule has 0 saturated heterocycles. The van der Waals surface area contributed by atoms with E-state index in [2.05, 4.69) is 57.2 Å². The second-order valence-corrected chi connectivity index (χ2v) is 17.4. The molecule has 0 bridgehead atoms. The molecule has 0 aliphatic heterocycles. The summed E-state index contributed by atoms with van der Waals surface area (Å²) in [7, 11) is -1.08. The Morgan fingerprint density at radius 1 is 0.556 bits per heavy atom. The van der Waals surface area contributed by atoms with Crippen LogP contribution in [0.1, 0.15) is 209 Å². The van der Waals surface area contributed by atoms with Crippen LogP contribution in [0.15, 0.2) is 0 Å². The Balaban J connectivity index is -0.0000000954. The molecule has 0 aromatic carbocycles. The van der Waals surface area contributed by atoms with Crippen LogP contribution in [0.3, 0.4) is 0 Å². The van der Waals surface area contributed by atoms with Gasteiger partial charge in [0.25, 0.3) is 8.53 Å². The van der Waals surface area contributed by atoms with E-state index in [1.807, 2.05) is 27.7 Å². The minimum absolute atomic E-state index is 0. The van der Waals surface area contributed by atoms with E-state index in [1.165, 1.54) is 141 Å². The van der Waals surface area contributed by atoms with E-state index < -0.39 is 8.53 Å². The van der Waals surface area contributed by atoms with Gasteiger partial charge in [-0.1, -0.05) is 143 Å². The first-order valence-corrected chi connectivity index (χ1v) is 25.2. The molecule has 1 atom stereocenters. The van der Waals surface area contributed by atoms with Gasteiger partial charge in [-0.15, -0.1) is 6.54 Å². The summed E-state index contributed by atoms with van der Waals surface area (Å²) in [5.41, 5.74) is 0. The van der Waals surface area contributed by atoms with E-state index in [0.717, 1.165) is 64.3 Å². The van der Waals surface area contributed by atoms with E-state index in [4.69, 9.17) is 23.8 Å². The van der Waals surface area contributed by atoms with Gasteiger partial charge in [0, 0.05) is 45.0 Å². The van der Waals surface area contributed by atoms with Crippen molar-refractivity contribution in [3.8, 4) is 6.07 Å². The van der Waals surface area contributed by atoms with E-state index in [1.54, 1.807) is 0 Å². The molecule has 4 aliphatic carbocycles. The summed E-state index contributed by atoms with van der Waals surface area (Å²) < 4.78 is 25.3. The van der Waals surface area contributed by atoms with Gasteiger partial charge in [-0.25, -0.2) is 4.67 Å². The zero-order valence-electron chi connectivity index (χ0n) is 44.1. The smallest absolute Gasteiger partial charge is 0.380 e. The average molecular weight is 1170 g/mol. The molecule has 4 saturated carbocycles. The van der Waals surface area contributed by atoms with Crippen molar-refractivity contribution in [1.29, 1.82) is 5.26 Å². The third-order valence-corrected chi connectivity index (χ3v) is 12.8. The number of nitrogens with zero attached hydrogens (tertiary/aromatic N) is 3. The third kappa shape index (κ3) is 54.2. The summed E-state index contributed by atoms with van der Waals surface area (Å²) >= 11 is 0. The zero-order chi connectivity index (χ0) is 41.9. The van der Waals surface area contributed by atoms with Gasteiger partial charge in [-0.05, 0) is 65.2 Å². The van der Waals surface area contributed by atoms with Crippen molar-refractivity contribution in [1.82, 2.24) is 9.57 Å². The minimum atomic E-state index is -1.08. The number of hydrogen-bond acceptors (Lipinski definition) is 7. The topological polar surface area (TPSA) is 67.2 Å². The Morgan fingerprint density at radius 2 is 0.889 bits per heavy atom. The Kier molecular flexibility index (Phi) is 90.6. The monoisotopic (exact) mass is 1170 g/mol. The van der Waals surface area contributed by atoms with Gasteiger partial charge in [0.2, 0.25) is 0 Å². The van der Waals surface area contributed by atoms with Crippen molar-refractivity contribution in [2.24, 2.45) is 11.8 Å². The molecule has 0 N–H and O–H groups in total. The molecule has 7 nitrogen and oxygen atoms in total. The molecule has 63 heavy (non-hydrogen) atoms. The van der Waals surface area contributed by atoms with Gasteiger partial charge in [-0.3, -0.25) is 0 Å². The number of hydrogen-bond donors (Lipinski definition) is 0. The van der Waals surface area contributed by atoms with Crippen molar-refractivity contribution < 1.29 is 73.7 Å². The number of nitriles is 1. The normalized spacial score (nSPS) is 15.3. The summed E-state index contributed by atoms with van der Waals surface area (Å²) in [5, 5.41) is 8.52. The molecular formula is C52H110Fe2N3O4PW.